The van der Waals surface area contributed by atoms with E-state index in [1.54, 1.807) is 0 Å². The fourth-order valence-electron chi connectivity index (χ4n) is 4.39. The molecule has 0 aromatic carbocycles. The lowest BCUT2D eigenvalue weighted by Crippen LogP contribution is -3.00. The van der Waals surface area contributed by atoms with E-state index in [-0.39, 0.29) is 24.6 Å². The lowest BCUT2D eigenvalue weighted by Gasteiger charge is -2.25. The Morgan fingerprint density at radius 2 is 0.974 bits per heavy atom. The minimum Gasteiger partial charge on any atom is -1.00 e. The highest BCUT2D eigenvalue weighted by Gasteiger charge is 2.18. The molecular formula is C32H68ClNO4. The van der Waals surface area contributed by atoms with Crippen molar-refractivity contribution in [1.29, 1.82) is 0 Å². The lowest BCUT2D eigenvalue weighted by atomic mass is 10.0. The van der Waals surface area contributed by atoms with Crippen LogP contribution in [0.4, 0.5) is 0 Å². The molecule has 0 spiro atoms. The zero-order valence-corrected chi connectivity index (χ0v) is 27.3. The number of ether oxygens (including phenoxy) is 4. The van der Waals surface area contributed by atoms with Crippen LogP contribution >= 0.6 is 0 Å². The van der Waals surface area contributed by atoms with E-state index < -0.39 is 0 Å². The summed E-state index contributed by atoms with van der Waals surface area (Å²) >= 11 is 0. The Bertz CT molecular complexity index is 448. The fourth-order valence-corrected chi connectivity index (χ4v) is 4.39. The summed E-state index contributed by atoms with van der Waals surface area (Å²) in [5, 5.41) is 0. The SMILES string of the molecule is CCCCCCCCCCCCCCCC(OCCCOCCOCC[N+](C)(C)C)C(C)OCCCC.[Cl-]. The van der Waals surface area contributed by atoms with E-state index in [0.717, 1.165) is 56.7 Å². The van der Waals surface area contributed by atoms with Gasteiger partial charge in [0.25, 0.3) is 0 Å². The molecule has 0 aromatic rings. The first kappa shape index (κ1) is 40.2. The topological polar surface area (TPSA) is 36.9 Å². The zero-order valence-electron chi connectivity index (χ0n) is 26.6. The average molecular weight is 566 g/mol. The summed E-state index contributed by atoms with van der Waals surface area (Å²) in [5.74, 6) is 0. The smallest absolute Gasteiger partial charge is 0.102 e. The minimum absolute atomic E-state index is 0. The summed E-state index contributed by atoms with van der Waals surface area (Å²) in [7, 11) is 6.55. The standard InChI is InChI=1S/C32H68NO4.ClH/c1-7-9-11-12-13-14-15-16-17-18-19-20-21-23-32(31(3)36-26-10-8-2)37-27-22-25-34-29-30-35-28-24-33(4,5)6;/h31-32H,7-30H2,1-6H3;1H/q+1;/p-1. The third-order valence-corrected chi connectivity index (χ3v) is 7.04. The van der Waals surface area contributed by atoms with Crippen molar-refractivity contribution < 1.29 is 35.8 Å². The monoisotopic (exact) mass is 565 g/mol. The van der Waals surface area contributed by atoms with Crippen LogP contribution in [0.5, 0.6) is 0 Å². The molecule has 0 bridgehead atoms. The molecule has 6 heteroatoms. The maximum Gasteiger partial charge on any atom is 0.102 e. The van der Waals surface area contributed by atoms with Gasteiger partial charge in [-0.05, 0) is 26.2 Å². The summed E-state index contributed by atoms with van der Waals surface area (Å²) in [4.78, 5) is 0. The second-order valence-corrected chi connectivity index (χ2v) is 12.0. The Hall–Kier alpha value is 0.0900. The molecule has 0 fully saturated rings. The molecule has 0 saturated carbocycles. The molecule has 0 amide bonds. The number of hydrogen-bond donors (Lipinski definition) is 0. The third-order valence-electron chi connectivity index (χ3n) is 7.04. The number of rotatable bonds is 30. The first-order valence-corrected chi connectivity index (χ1v) is 16.1. The van der Waals surface area contributed by atoms with Crippen molar-refractivity contribution in [3.8, 4) is 0 Å². The van der Waals surface area contributed by atoms with Gasteiger partial charge in [0.1, 0.15) is 6.54 Å². The van der Waals surface area contributed by atoms with Gasteiger partial charge < -0.3 is 35.8 Å². The van der Waals surface area contributed by atoms with E-state index in [1.807, 2.05) is 0 Å². The van der Waals surface area contributed by atoms with Crippen LogP contribution in [-0.4, -0.2) is 84.0 Å². The van der Waals surface area contributed by atoms with Crippen LogP contribution < -0.4 is 12.4 Å². The van der Waals surface area contributed by atoms with E-state index >= 15 is 0 Å². The van der Waals surface area contributed by atoms with E-state index in [0.29, 0.717) is 13.2 Å². The molecule has 0 heterocycles. The second kappa shape index (κ2) is 30.1. The molecule has 232 valence electrons. The summed E-state index contributed by atoms with van der Waals surface area (Å²) < 4.78 is 24.7. The summed E-state index contributed by atoms with van der Waals surface area (Å²) in [6, 6.07) is 0. The number of unbranched alkanes of at least 4 members (excludes halogenated alkanes) is 13. The maximum atomic E-state index is 6.29. The van der Waals surface area contributed by atoms with Gasteiger partial charge in [0.05, 0.1) is 53.2 Å². The van der Waals surface area contributed by atoms with Crippen LogP contribution in [-0.2, 0) is 18.9 Å². The van der Waals surface area contributed by atoms with E-state index in [1.165, 1.54) is 89.9 Å². The van der Waals surface area contributed by atoms with Gasteiger partial charge in [-0.15, -0.1) is 0 Å². The average Bonchev–Trinajstić information content (AvgIpc) is 2.86. The molecule has 0 aliphatic heterocycles. The molecule has 0 N–H and O–H groups in total. The van der Waals surface area contributed by atoms with Crippen LogP contribution in [0.2, 0.25) is 0 Å². The summed E-state index contributed by atoms with van der Waals surface area (Å²) in [5.41, 5.74) is 0. The quantitative estimate of drug-likeness (QED) is 0.0887. The first-order valence-electron chi connectivity index (χ1n) is 16.1. The molecule has 0 aromatic heterocycles. The number of nitrogens with zero attached hydrogens (tertiary/aromatic N) is 1. The minimum atomic E-state index is 0. The Balaban J connectivity index is 0. The highest BCUT2D eigenvalue weighted by atomic mass is 35.5. The molecule has 0 rings (SSSR count). The van der Waals surface area contributed by atoms with Gasteiger partial charge in [0.2, 0.25) is 0 Å². The van der Waals surface area contributed by atoms with E-state index in [9.17, 15) is 0 Å². The molecular weight excluding hydrogens is 498 g/mol. The number of quaternary nitrogens is 1. The Labute approximate surface area is 245 Å². The van der Waals surface area contributed by atoms with Gasteiger partial charge >= 0.3 is 0 Å². The van der Waals surface area contributed by atoms with Gasteiger partial charge in [-0.3, -0.25) is 0 Å². The van der Waals surface area contributed by atoms with Crippen molar-refractivity contribution in [2.24, 2.45) is 0 Å². The van der Waals surface area contributed by atoms with Crippen LogP contribution in [0.25, 0.3) is 0 Å². The Morgan fingerprint density at radius 3 is 1.50 bits per heavy atom. The molecule has 0 aliphatic carbocycles. The highest BCUT2D eigenvalue weighted by Crippen LogP contribution is 2.17. The molecule has 5 nitrogen and oxygen atoms in total. The van der Waals surface area contributed by atoms with Crippen LogP contribution in [0.3, 0.4) is 0 Å². The van der Waals surface area contributed by atoms with Crippen molar-refractivity contribution in [2.45, 2.75) is 142 Å². The fraction of sp³-hybridized carbons (Fsp3) is 1.00. The molecule has 0 aliphatic rings. The molecule has 0 radical (unpaired) electrons. The van der Waals surface area contributed by atoms with Gasteiger partial charge in [0, 0.05) is 19.8 Å². The van der Waals surface area contributed by atoms with Crippen molar-refractivity contribution in [1.82, 2.24) is 0 Å². The predicted octanol–water partition coefficient (Wildman–Crippen LogP) is 5.19. The van der Waals surface area contributed by atoms with Crippen LogP contribution in [0, 0.1) is 0 Å². The largest absolute Gasteiger partial charge is 1.00 e. The van der Waals surface area contributed by atoms with Gasteiger partial charge in [-0.25, -0.2) is 0 Å². The van der Waals surface area contributed by atoms with Gasteiger partial charge in [-0.1, -0.05) is 104 Å². The maximum absolute atomic E-state index is 6.29. The van der Waals surface area contributed by atoms with Crippen molar-refractivity contribution >= 4 is 0 Å². The van der Waals surface area contributed by atoms with Crippen molar-refractivity contribution in [3.05, 3.63) is 0 Å². The Kier molecular flexibility index (Phi) is 31.8. The molecule has 2 unspecified atom stereocenters. The summed E-state index contributed by atoms with van der Waals surface area (Å²) in [6.45, 7) is 12.1. The predicted molar refractivity (Wildman–Crippen MR) is 160 cm³/mol. The normalized spacial score (nSPS) is 13.4. The van der Waals surface area contributed by atoms with E-state index in [4.69, 9.17) is 18.9 Å². The summed E-state index contributed by atoms with van der Waals surface area (Å²) in [6.07, 6.45) is 22.8. The third kappa shape index (κ3) is 30.6. The second-order valence-electron chi connectivity index (χ2n) is 12.0. The molecule has 0 saturated heterocycles. The highest BCUT2D eigenvalue weighted by molar-refractivity contribution is 4.67. The molecule has 38 heavy (non-hydrogen) atoms. The first-order chi connectivity index (χ1) is 17.9. The van der Waals surface area contributed by atoms with Gasteiger partial charge in [0.15, 0.2) is 0 Å². The lowest BCUT2D eigenvalue weighted by molar-refractivity contribution is -0.870. The van der Waals surface area contributed by atoms with Crippen molar-refractivity contribution in [3.63, 3.8) is 0 Å². The number of halogens is 1. The van der Waals surface area contributed by atoms with Gasteiger partial charge in [-0.2, -0.15) is 0 Å². The molecule has 2 atom stereocenters. The number of hydrogen-bond acceptors (Lipinski definition) is 4. The van der Waals surface area contributed by atoms with E-state index in [2.05, 4.69) is 41.9 Å². The van der Waals surface area contributed by atoms with Crippen LogP contribution in [0.15, 0.2) is 0 Å². The van der Waals surface area contributed by atoms with Crippen molar-refractivity contribution in [2.75, 3.05) is 67.3 Å². The number of likely N-dealkylation sites (N-methyl/N-ethyl adjacent to an activating group) is 1. The van der Waals surface area contributed by atoms with Crippen LogP contribution in [0.1, 0.15) is 130 Å². The zero-order chi connectivity index (χ0) is 27.5. The Morgan fingerprint density at radius 1 is 0.500 bits per heavy atom.